The lowest BCUT2D eigenvalue weighted by Crippen LogP contribution is -2.44. The van der Waals surface area contributed by atoms with Crippen molar-refractivity contribution in [3.63, 3.8) is 0 Å². The summed E-state index contributed by atoms with van der Waals surface area (Å²) >= 11 is 0. The molecule has 26 heavy (non-hydrogen) atoms. The number of hydrazine groups is 1. The normalized spacial score (nSPS) is 23.8. The topological polar surface area (TPSA) is 102 Å². The van der Waals surface area contributed by atoms with E-state index in [1.54, 1.807) is 0 Å². The van der Waals surface area contributed by atoms with Gasteiger partial charge in [-0.2, -0.15) is 4.80 Å². The number of carbonyl (C=O) groups is 2. The molecule has 136 valence electrons. The van der Waals surface area contributed by atoms with Gasteiger partial charge in [-0.25, -0.2) is 0 Å². The van der Waals surface area contributed by atoms with Gasteiger partial charge >= 0.3 is 0 Å². The average molecular weight is 354 g/mol. The number of amides is 2. The van der Waals surface area contributed by atoms with Gasteiger partial charge in [-0.15, -0.1) is 10.2 Å². The number of nitrogens with zero attached hydrogens (tertiary/aromatic N) is 4. The number of hydrogen-bond donors (Lipinski definition) is 2. The molecule has 1 aromatic carbocycles. The molecular formula is C18H22N6O2. The van der Waals surface area contributed by atoms with E-state index in [1.807, 2.05) is 30.3 Å². The molecule has 2 saturated carbocycles. The first kappa shape index (κ1) is 16.7. The smallest absolute Gasteiger partial charge is 0.262 e. The van der Waals surface area contributed by atoms with Gasteiger partial charge in [0.2, 0.25) is 11.7 Å². The molecule has 1 aromatic heterocycles. The molecule has 2 aromatic rings. The van der Waals surface area contributed by atoms with Gasteiger partial charge in [-0.1, -0.05) is 36.8 Å². The van der Waals surface area contributed by atoms with Gasteiger partial charge in [0.05, 0.1) is 0 Å². The van der Waals surface area contributed by atoms with Crippen LogP contribution in [0.15, 0.2) is 30.3 Å². The zero-order chi connectivity index (χ0) is 17.9. The van der Waals surface area contributed by atoms with Crippen LogP contribution in [-0.2, 0) is 16.1 Å². The number of carbonyl (C=O) groups excluding carboxylic acids is 2. The van der Waals surface area contributed by atoms with Crippen LogP contribution in [0.25, 0.3) is 11.4 Å². The van der Waals surface area contributed by atoms with Crippen molar-refractivity contribution in [1.29, 1.82) is 0 Å². The maximum absolute atomic E-state index is 12.0. The monoisotopic (exact) mass is 354 g/mol. The third kappa shape index (κ3) is 3.74. The van der Waals surface area contributed by atoms with Crippen molar-refractivity contribution in [2.75, 3.05) is 0 Å². The first-order chi connectivity index (χ1) is 12.7. The SMILES string of the molecule is O=C(C[C@@H]1C[C@H]2CC[C@@H]1C2)NNC(=O)Cn1nnc(-c2ccccc2)n1. The Labute approximate surface area is 151 Å². The Hall–Kier alpha value is -2.77. The highest BCUT2D eigenvalue weighted by atomic mass is 16.2. The summed E-state index contributed by atoms with van der Waals surface area (Å²) in [7, 11) is 0. The predicted octanol–water partition coefficient (Wildman–Crippen LogP) is 1.31. The Kier molecular flexibility index (Phi) is 4.64. The molecule has 4 rings (SSSR count). The number of rotatable bonds is 5. The van der Waals surface area contributed by atoms with Crippen molar-refractivity contribution in [3.05, 3.63) is 30.3 Å². The standard InChI is InChI=1S/C18H22N6O2/c25-16(10-15-9-12-6-7-14(15)8-12)19-20-17(26)11-24-22-18(21-23-24)13-4-2-1-3-5-13/h1-5,12,14-15H,6-11H2,(H,19,25)(H,20,26)/t12-,14+,15-/m0/s1. The Bertz CT molecular complexity index is 790. The quantitative estimate of drug-likeness (QED) is 0.789. The van der Waals surface area contributed by atoms with E-state index < -0.39 is 0 Å². The molecule has 2 N–H and O–H groups in total. The molecular weight excluding hydrogens is 332 g/mol. The summed E-state index contributed by atoms with van der Waals surface area (Å²) in [6, 6.07) is 9.41. The summed E-state index contributed by atoms with van der Waals surface area (Å²) in [5.41, 5.74) is 5.76. The van der Waals surface area contributed by atoms with Gasteiger partial charge < -0.3 is 0 Å². The molecule has 3 atom stereocenters. The predicted molar refractivity (Wildman–Crippen MR) is 93.1 cm³/mol. The lowest BCUT2D eigenvalue weighted by atomic mass is 9.86. The van der Waals surface area contributed by atoms with Gasteiger partial charge in [-0.05, 0) is 42.2 Å². The fraction of sp³-hybridized carbons (Fsp3) is 0.500. The Morgan fingerprint density at radius 3 is 2.62 bits per heavy atom. The average Bonchev–Trinajstić information content (AvgIpc) is 3.38. The van der Waals surface area contributed by atoms with Gasteiger partial charge in [0.25, 0.3) is 5.91 Å². The first-order valence-corrected chi connectivity index (χ1v) is 9.08. The fourth-order valence-corrected chi connectivity index (χ4v) is 4.24. The van der Waals surface area contributed by atoms with Crippen LogP contribution in [-0.4, -0.2) is 32.0 Å². The number of aromatic nitrogens is 4. The molecule has 2 aliphatic carbocycles. The van der Waals surface area contributed by atoms with E-state index in [4.69, 9.17) is 0 Å². The molecule has 2 amide bonds. The van der Waals surface area contributed by atoms with Crippen molar-refractivity contribution in [2.45, 2.75) is 38.6 Å². The summed E-state index contributed by atoms with van der Waals surface area (Å²) in [5, 5.41) is 12.0. The number of benzene rings is 1. The second-order valence-electron chi connectivity index (χ2n) is 7.24. The first-order valence-electron chi connectivity index (χ1n) is 9.08. The summed E-state index contributed by atoms with van der Waals surface area (Å²) < 4.78 is 0. The molecule has 0 saturated heterocycles. The van der Waals surface area contributed by atoms with Crippen molar-refractivity contribution in [2.24, 2.45) is 17.8 Å². The highest BCUT2D eigenvalue weighted by Crippen LogP contribution is 2.49. The molecule has 8 nitrogen and oxygen atoms in total. The van der Waals surface area contributed by atoms with Crippen LogP contribution in [0.4, 0.5) is 0 Å². The summed E-state index contributed by atoms with van der Waals surface area (Å²) in [5.74, 6) is 1.91. The zero-order valence-electron chi connectivity index (χ0n) is 14.5. The Morgan fingerprint density at radius 2 is 1.88 bits per heavy atom. The second-order valence-corrected chi connectivity index (χ2v) is 7.24. The second kappa shape index (κ2) is 7.23. The van der Waals surface area contributed by atoms with Crippen molar-refractivity contribution in [3.8, 4) is 11.4 Å². The molecule has 8 heteroatoms. The van der Waals surface area contributed by atoms with Crippen molar-refractivity contribution >= 4 is 11.8 Å². The number of nitrogens with one attached hydrogen (secondary N) is 2. The van der Waals surface area contributed by atoms with Crippen LogP contribution >= 0.6 is 0 Å². The molecule has 0 spiro atoms. The highest BCUT2D eigenvalue weighted by molar-refractivity contribution is 5.81. The minimum absolute atomic E-state index is 0.103. The van der Waals surface area contributed by atoms with Crippen molar-refractivity contribution in [1.82, 2.24) is 31.1 Å². The zero-order valence-corrected chi connectivity index (χ0v) is 14.5. The molecule has 0 unspecified atom stereocenters. The number of fused-ring (bicyclic) bond motifs is 2. The number of hydrogen-bond acceptors (Lipinski definition) is 5. The highest BCUT2D eigenvalue weighted by Gasteiger charge is 2.40. The fourth-order valence-electron chi connectivity index (χ4n) is 4.24. The van der Waals surface area contributed by atoms with Gasteiger partial charge in [-0.3, -0.25) is 20.4 Å². The van der Waals surface area contributed by atoms with Gasteiger partial charge in [0.15, 0.2) is 0 Å². The van der Waals surface area contributed by atoms with Crippen LogP contribution in [0, 0.1) is 17.8 Å². The van der Waals surface area contributed by atoms with E-state index in [9.17, 15) is 9.59 Å². The lowest BCUT2D eigenvalue weighted by molar-refractivity contribution is -0.130. The Morgan fingerprint density at radius 1 is 1.08 bits per heavy atom. The van der Waals surface area contributed by atoms with E-state index >= 15 is 0 Å². The van der Waals surface area contributed by atoms with Crippen LogP contribution in [0.1, 0.15) is 32.1 Å². The minimum atomic E-state index is -0.386. The minimum Gasteiger partial charge on any atom is -0.273 e. The van der Waals surface area contributed by atoms with E-state index in [2.05, 4.69) is 26.3 Å². The van der Waals surface area contributed by atoms with Gasteiger partial charge in [0, 0.05) is 12.0 Å². The largest absolute Gasteiger partial charge is 0.273 e. The van der Waals surface area contributed by atoms with E-state index in [0.29, 0.717) is 24.1 Å². The molecule has 1 heterocycles. The Balaban J connectivity index is 1.23. The molecule has 0 aliphatic heterocycles. The molecule has 2 aliphatic rings. The van der Waals surface area contributed by atoms with Gasteiger partial charge in [0.1, 0.15) is 6.54 Å². The van der Waals surface area contributed by atoms with Crippen LogP contribution < -0.4 is 10.9 Å². The summed E-state index contributed by atoms with van der Waals surface area (Å²) in [6.07, 6.45) is 5.47. The maximum Gasteiger partial charge on any atom is 0.262 e. The maximum atomic E-state index is 12.0. The molecule has 2 bridgehead atoms. The van der Waals surface area contributed by atoms with Crippen molar-refractivity contribution < 1.29 is 9.59 Å². The third-order valence-electron chi connectivity index (χ3n) is 5.44. The van der Waals surface area contributed by atoms with E-state index in [0.717, 1.165) is 17.9 Å². The van der Waals surface area contributed by atoms with Crippen LogP contribution in [0.3, 0.4) is 0 Å². The lowest BCUT2D eigenvalue weighted by Gasteiger charge is -2.20. The van der Waals surface area contributed by atoms with Crippen LogP contribution in [0.5, 0.6) is 0 Å². The van der Waals surface area contributed by atoms with E-state index in [-0.39, 0.29) is 18.4 Å². The summed E-state index contributed by atoms with van der Waals surface area (Å²) in [4.78, 5) is 25.2. The summed E-state index contributed by atoms with van der Waals surface area (Å²) in [6.45, 7) is -0.103. The third-order valence-corrected chi connectivity index (χ3v) is 5.44. The molecule has 0 radical (unpaired) electrons. The van der Waals surface area contributed by atoms with E-state index in [1.165, 1.54) is 24.1 Å². The molecule has 2 fully saturated rings. The number of tetrazole rings is 1. The van der Waals surface area contributed by atoms with Crippen LogP contribution in [0.2, 0.25) is 0 Å².